The summed E-state index contributed by atoms with van der Waals surface area (Å²) in [5, 5.41) is 6.04. The highest BCUT2D eigenvalue weighted by Crippen LogP contribution is 2.03. The molecule has 0 spiro atoms. The van der Waals surface area contributed by atoms with Crippen molar-refractivity contribution in [3.8, 4) is 0 Å². The monoisotopic (exact) mass is 247 g/mol. The molecule has 0 aliphatic heterocycles. The van der Waals surface area contributed by atoms with Gasteiger partial charge >= 0.3 is 0 Å². The molecular formula is C14H21N3O. The van der Waals surface area contributed by atoms with Gasteiger partial charge in [-0.3, -0.25) is 4.79 Å². The van der Waals surface area contributed by atoms with Crippen LogP contribution in [0.25, 0.3) is 0 Å². The summed E-state index contributed by atoms with van der Waals surface area (Å²) in [6.07, 6.45) is 4.31. The number of aryl methyl sites for hydroxylation is 1. The van der Waals surface area contributed by atoms with E-state index in [9.17, 15) is 4.79 Å². The van der Waals surface area contributed by atoms with E-state index in [0.717, 1.165) is 29.9 Å². The fraction of sp³-hybridized carbons (Fsp3) is 0.429. The van der Waals surface area contributed by atoms with Crippen LogP contribution >= 0.6 is 0 Å². The number of nitrogens with zero attached hydrogens (tertiary/aromatic N) is 1. The van der Waals surface area contributed by atoms with E-state index in [4.69, 9.17) is 0 Å². The van der Waals surface area contributed by atoms with E-state index < -0.39 is 0 Å². The normalized spacial score (nSPS) is 9.72. The Hall–Kier alpha value is -1.84. The van der Waals surface area contributed by atoms with Gasteiger partial charge in [-0.25, -0.2) is 4.98 Å². The predicted molar refractivity (Wildman–Crippen MR) is 74.5 cm³/mol. The summed E-state index contributed by atoms with van der Waals surface area (Å²) in [4.78, 5) is 15.5. The number of hydrogen-bond acceptors (Lipinski definition) is 3. The van der Waals surface area contributed by atoms with Gasteiger partial charge in [0.15, 0.2) is 0 Å². The van der Waals surface area contributed by atoms with Crippen LogP contribution in [0.5, 0.6) is 0 Å². The number of allylic oxidation sites excluding steroid dienone is 1. The maximum Gasteiger partial charge on any atom is 0.243 e. The molecular weight excluding hydrogens is 226 g/mol. The quantitative estimate of drug-likeness (QED) is 0.599. The first-order chi connectivity index (χ1) is 8.58. The van der Waals surface area contributed by atoms with Gasteiger partial charge in [-0.2, -0.15) is 0 Å². The summed E-state index contributed by atoms with van der Waals surface area (Å²) in [5.74, 6) is 0.847. The zero-order valence-corrected chi connectivity index (χ0v) is 11.3. The maximum atomic E-state index is 11.3. The third-order valence-electron chi connectivity index (χ3n) is 2.29. The van der Waals surface area contributed by atoms with E-state index in [1.807, 2.05) is 39.1 Å². The van der Waals surface area contributed by atoms with Crippen LogP contribution in [-0.2, 0) is 4.79 Å². The zero-order valence-electron chi connectivity index (χ0n) is 11.3. The molecule has 18 heavy (non-hydrogen) atoms. The topological polar surface area (TPSA) is 54.0 Å². The maximum absolute atomic E-state index is 11.3. The molecule has 98 valence electrons. The average molecular weight is 247 g/mol. The highest BCUT2D eigenvalue weighted by Gasteiger charge is 1.96. The van der Waals surface area contributed by atoms with Crippen LogP contribution in [0.2, 0.25) is 0 Å². The molecule has 1 amide bonds. The minimum absolute atomic E-state index is 0.0246. The number of nitrogens with one attached hydrogen (secondary N) is 2. The van der Waals surface area contributed by atoms with E-state index in [-0.39, 0.29) is 5.91 Å². The van der Waals surface area contributed by atoms with Crippen LogP contribution in [0.3, 0.4) is 0 Å². The molecule has 0 aliphatic rings. The number of carbonyl (C=O) groups excluding carboxylic acids is 1. The first-order valence-electron chi connectivity index (χ1n) is 6.17. The summed E-state index contributed by atoms with van der Waals surface area (Å²) >= 11 is 0. The van der Waals surface area contributed by atoms with Crippen molar-refractivity contribution in [3.63, 3.8) is 0 Å². The fourth-order valence-electron chi connectivity index (χ4n) is 1.40. The van der Waals surface area contributed by atoms with Crippen molar-refractivity contribution in [1.29, 1.82) is 0 Å². The molecule has 2 N–H and O–H groups in total. The number of anilines is 1. The van der Waals surface area contributed by atoms with E-state index in [0.29, 0.717) is 6.54 Å². The highest BCUT2D eigenvalue weighted by molar-refractivity contribution is 5.87. The zero-order chi connectivity index (χ0) is 13.4. The predicted octanol–water partition coefficient (Wildman–Crippen LogP) is 2.27. The number of pyridine rings is 1. The minimum Gasteiger partial charge on any atom is -0.370 e. The molecule has 1 aromatic heterocycles. The molecule has 0 aromatic carbocycles. The Morgan fingerprint density at radius 3 is 2.72 bits per heavy atom. The number of hydrogen-bond donors (Lipinski definition) is 2. The van der Waals surface area contributed by atoms with Crippen LogP contribution in [0, 0.1) is 6.92 Å². The first-order valence-corrected chi connectivity index (χ1v) is 6.17. The Morgan fingerprint density at radius 2 is 2.11 bits per heavy atom. The summed E-state index contributed by atoms with van der Waals surface area (Å²) in [7, 11) is 0. The van der Waals surface area contributed by atoms with Crippen LogP contribution in [0.4, 0.5) is 5.82 Å². The molecule has 0 saturated carbocycles. The second-order valence-corrected chi connectivity index (χ2v) is 4.51. The van der Waals surface area contributed by atoms with Gasteiger partial charge in [0.05, 0.1) is 0 Å². The van der Waals surface area contributed by atoms with Crippen molar-refractivity contribution in [2.24, 2.45) is 0 Å². The second-order valence-electron chi connectivity index (χ2n) is 4.51. The third kappa shape index (κ3) is 6.03. The molecule has 0 aliphatic carbocycles. The molecule has 0 saturated heterocycles. The number of amides is 1. The van der Waals surface area contributed by atoms with Crippen LogP contribution in [0.15, 0.2) is 30.0 Å². The van der Waals surface area contributed by atoms with Gasteiger partial charge in [-0.1, -0.05) is 11.6 Å². The molecule has 0 atom stereocenters. The number of rotatable bonds is 6. The highest BCUT2D eigenvalue weighted by atomic mass is 16.1. The summed E-state index contributed by atoms with van der Waals surface area (Å²) < 4.78 is 0. The molecule has 1 rings (SSSR count). The van der Waals surface area contributed by atoms with Gasteiger partial charge in [0.1, 0.15) is 5.82 Å². The largest absolute Gasteiger partial charge is 0.370 e. The van der Waals surface area contributed by atoms with E-state index in [1.54, 1.807) is 6.08 Å². The lowest BCUT2D eigenvalue weighted by Gasteiger charge is -2.06. The Bertz CT molecular complexity index is 406. The van der Waals surface area contributed by atoms with Gasteiger partial charge in [-0.05, 0) is 38.8 Å². The Kier molecular flexibility index (Phi) is 5.91. The third-order valence-corrected chi connectivity index (χ3v) is 2.29. The molecule has 4 heteroatoms. The summed E-state index contributed by atoms with van der Waals surface area (Å²) in [6.45, 7) is 7.29. The Labute approximate surface area is 109 Å². The number of aromatic nitrogens is 1. The lowest BCUT2D eigenvalue weighted by molar-refractivity contribution is -0.116. The molecule has 1 aromatic rings. The number of carbonyl (C=O) groups is 1. The standard InChI is InChI=1S/C14H21N3O/c1-11(2)9-14(18)16-8-4-7-15-13-6-5-12(3)10-17-13/h5-6,9-10H,4,7-8H2,1-3H3,(H,15,17)(H,16,18). The van der Waals surface area contributed by atoms with Crippen molar-refractivity contribution in [3.05, 3.63) is 35.5 Å². The molecule has 0 radical (unpaired) electrons. The summed E-state index contributed by atoms with van der Waals surface area (Å²) in [5.41, 5.74) is 2.16. The van der Waals surface area contributed by atoms with Crippen molar-refractivity contribution in [1.82, 2.24) is 10.3 Å². The lowest BCUT2D eigenvalue weighted by atomic mass is 10.3. The van der Waals surface area contributed by atoms with Crippen molar-refractivity contribution in [2.75, 3.05) is 18.4 Å². The Balaban J connectivity index is 2.14. The van der Waals surface area contributed by atoms with E-state index >= 15 is 0 Å². The average Bonchev–Trinajstić information content (AvgIpc) is 2.30. The van der Waals surface area contributed by atoms with Gasteiger partial charge in [-0.15, -0.1) is 0 Å². The van der Waals surface area contributed by atoms with Crippen LogP contribution in [0.1, 0.15) is 25.8 Å². The van der Waals surface area contributed by atoms with Crippen LogP contribution in [-0.4, -0.2) is 24.0 Å². The fourth-order valence-corrected chi connectivity index (χ4v) is 1.40. The SMILES string of the molecule is CC(C)=CC(=O)NCCCNc1ccc(C)cn1. The molecule has 0 bridgehead atoms. The van der Waals surface area contributed by atoms with Gasteiger partial charge in [0.2, 0.25) is 5.91 Å². The molecule has 0 fully saturated rings. The van der Waals surface area contributed by atoms with Crippen molar-refractivity contribution >= 4 is 11.7 Å². The first kappa shape index (κ1) is 14.2. The van der Waals surface area contributed by atoms with E-state index in [1.165, 1.54) is 0 Å². The molecule has 1 heterocycles. The van der Waals surface area contributed by atoms with Gasteiger partial charge < -0.3 is 10.6 Å². The smallest absolute Gasteiger partial charge is 0.243 e. The van der Waals surface area contributed by atoms with Crippen molar-refractivity contribution in [2.45, 2.75) is 27.2 Å². The van der Waals surface area contributed by atoms with E-state index in [2.05, 4.69) is 15.6 Å². The molecule has 0 unspecified atom stereocenters. The van der Waals surface area contributed by atoms with Gasteiger partial charge in [0.25, 0.3) is 0 Å². The van der Waals surface area contributed by atoms with Crippen LogP contribution < -0.4 is 10.6 Å². The second kappa shape index (κ2) is 7.48. The summed E-state index contributed by atoms with van der Waals surface area (Å²) in [6, 6.07) is 3.98. The lowest BCUT2D eigenvalue weighted by Crippen LogP contribution is -2.24. The van der Waals surface area contributed by atoms with Gasteiger partial charge in [0, 0.05) is 25.4 Å². The Morgan fingerprint density at radius 1 is 1.33 bits per heavy atom. The minimum atomic E-state index is -0.0246. The molecule has 4 nitrogen and oxygen atoms in total. The van der Waals surface area contributed by atoms with Crippen molar-refractivity contribution < 1.29 is 4.79 Å².